The van der Waals surface area contributed by atoms with Gasteiger partial charge < -0.3 is 9.63 Å². The van der Waals surface area contributed by atoms with E-state index in [0.717, 1.165) is 31.5 Å². The van der Waals surface area contributed by atoms with Crippen molar-refractivity contribution in [2.45, 2.75) is 19.4 Å². The monoisotopic (exact) mass is 273 g/mol. The molecule has 0 spiro atoms. The molecule has 1 atom stereocenters. The Labute approximate surface area is 118 Å². The lowest BCUT2D eigenvalue weighted by molar-refractivity contribution is 0.113. The van der Waals surface area contributed by atoms with E-state index in [0.29, 0.717) is 24.2 Å². The second-order valence-electron chi connectivity index (χ2n) is 5.31. The van der Waals surface area contributed by atoms with Gasteiger partial charge in [0.1, 0.15) is 0 Å². The quantitative estimate of drug-likeness (QED) is 0.922. The summed E-state index contributed by atoms with van der Waals surface area (Å²) in [4.78, 5) is 6.73. The minimum atomic E-state index is 0.262. The summed E-state index contributed by atoms with van der Waals surface area (Å²) in [6.45, 7) is 2.89. The third-order valence-corrected chi connectivity index (χ3v) is 3.72. The fourth-order valence-electron chi connectivity index (χ4n) is 2.66. The van der Waals surface area contributed by atoms with Crippen LogP contribution in [0.1, 0.15) is 18.7 Å². The molecule has 20 heavy (non-hydrogen) atoms. The summed E-state index contributed by atoms with van der Waals surface area (Å²) in [6, 6.07) is 9.79. The van der Waals surface area contributed by atoms with Crippen LogP contribution in [0.25, 0.3) is 11.5 Å². The standard InChI is InChI=1S/C15H19N3O2/c19-11-12-5-4-8-18(9-12)10-14-16-15(20-17-14)13-6-2-1-3-7-13/h1-3,6-7,12,19H,4-5,8-11H2. The highest BCUT2D eigenvalue weighted by Gasteiger charge is 2.21. The number of aliphatic hydroxyl groups excluding tert-OH is 1. The lowest BCUT2D eigenvalue weighted by Gasteiger charge is -2.30. The van der Waals surface area contributed by atoms with Crippen LogP contribution in [0.3, 0.4) is 0 Å². The highest BCUT2D eigenvalue weighted by molar-refractivity contribution is 5.51. The molecule has 0 amide bonds. The van der Waals surface area contributed by atoms with Crippen LogP contribution >= 0.6 is 0 Å². The minimum absolute atomic E-state index is 0.262. The van der Waals surface area contributed by atoms with E-state index in [1.54, 1.807) is 0 Å². The Kier molecular flexibility index (Phi) is 4.08. The first-order chi connectivity index (χ1) is 9.85. The molecule has 3 rings (SSSR count). The van der Waals surface area contributed by atoms with Crippen molar-refractivity contribution in [3.63, 3.8) is 0 Å². The van der Waals surface area contributed by atoms with Crippen molar-refractivity contribution in [2.24, 2.45) is 5.92 Å². The lowest BCUT2D eigenvalue weighted by Crippen LogP contribution is -2.36. The zero-order chi connectivity index (χ0) is 13.8. The molecule has 1 aliphatic rings. The number of rotatable bonds is 4. The van der Waals surface area contributed by atoms with Crippen LogP contribution < -0.4 is 0 Å². The second-order valence-corrected chi connectivity index (χ2v) is 5.31. The third kappa shape index (κ3) is 3.05. The van der Waals surface area contributed by atoms with Gasteiger partial charge in [0.15, 0.2) is 5.82 Å². The van der Waals surface area contributed by atoms with Crippen LogP contribution in [-0.2, 0) is 6.54 Å². The number of aliphatic hydroxyl groups is 1. The van der Waals surface area contributed by atoms with Gasteiger partial charge in [-0.3, -0.25) is 4.90 Å². The molecule has 1 saturated heterocycles. The van der Waals surface area contributed by atoms with Gasteiger partial charge in [0.05, 0.1) is 6.54 Å². The molecular weight excluding hydrogens is 254 g/mol. The van der Waals surface area contributed by atoms with Gasteiger partial charge in [-0.05, 0) is 37.4 Å². The molecular formula is C15H19N3O2. The molecule has 1 aromatic heterocycles. The van der Waals surface area contributed by atoms with Crippen molar-refractivity contribution >= 4 is 0 Å². The van der Waals surface area contributed by atoms with E-state index in [1.165, 1.54) is 0 Å². The minimum Gasteiger partial charge on any atom is -0.396 e. The summed E-state index contributed by atoms with van der Waals surface area (Å²) >= 11 is 0. The topological polar surface area (TPSA) is 62.4 Å². The second kappa shape index (κ2) is 6.15. The molecule has 1 fully saturated rings. The Hall–Kier alpha value is -1.72. The highest BCUT2D eigenvalue weighted by Crippen LogP contribution is 2.19. The molecule has 5 heteroatoms. The first-order valence-electron chi connectivity index (χ1n) is 7.06. The van der Waals surface area contributed by atoms with Crippen LogP contribution in [0.2, 0.25) is 0 Å². The summed E-state index contributed by atoms with van der Waals surface area (Å²) < 4.78 is 5.31. The molecule has 1 aromatic carbocycles. The average Bonchev–Trinajstić information content (AvgIpc) is 2.97. The number of aromatic nitrogens is 2. The first kappa shape index (κ1) is 13.3. The summed E-state index contributed by atoms with van der Waals surface area (Å²) in [5.41, 5.74) is 0.943. The van der Waals surface area contributed by atoms with E-state index < -0.39 is 0 Å². The SMILES string of the molecule is OCC1CCCN(Cc2noc(-c3ccccc3)n2)C1. The van der Waals surface area contributed by atoms with Crippen molar-refractivity contribution in [3.05, 3.63) is 36.2 Å². The van der Waals surface area contributed by atoms with Crippen molar-refractivity contribution < 1.29 is 9.63 Å². The third-order valence-electron chi connectivity index (χ3n) is 3.72. The predicted octanol–water partition coefficient (Wildman–Crippen LogP) is 1.94. The van der Waals surface area contributed by atoms with Crippen molar-refractivity contribution in [1.29, 1.82) is 0 Å². The van der Waals surface area contributed by atoms with Crippen molar-refractivity contribution in [2.75, 3.05) is 19.7 Å². The summed E-state index contributed by atoms with van der Waals surface area (Å²) in [6.07, 6.45) is 2.23. The maximum Gasteiger partial charge on any atom is 0.257 e. The zero-order valence-corrected chi connectivity index (χ0v) is 11.4. The van der Waals surface area contributed by atoms with E-state index in [2.05, 4.69) is 15.0 Å². The van der Waals surface area contributed by atoms with Crippen LogP contribution in [0.15, 0.2) is 34.9 Å². The Morgan fingerprint density at radius 1 is 1.30 bits per heavy atom. The normalized spacial score (nSPS) is 20.1. The number of hydrogen-bond acceptors (Lipinski definition) is 5. The van der Waals surface area contributed by atoms with Crippen LogP contribution in [0.5, 0.6) is 0 Å². The van der Waals surface area contributed by atoms with Crippen molar-refractivity contribution in [3.8, 4) is 11.5 Å². The van der Waals surface area contributed by atoms with Gasteiger partial charge in [-0.1, -0.05) is 23.4 Å². The molecule has 1 aliphatic heterocycles. The maximum absolute atomic E-state index is 9.25. The Bertz CT molecular complexity index is 541. The molecule has 0 saturated carbocycles. The fraction of sp³-hybridized carbons (Fsp3) is 0.467. The number of nitrogens with zero attached hydrogens (tertiary/aromatic N) is 3. The smallest absolute Gasteiger partial charge is 0.257 e. The van der Waals surface area contributed by atoms with E-state index in [1.807, 2.05) is 30.3 Å². The van der Waals surface area contributed by atoms with Crippen LogP contribution in [0.4, 0.5) is 0 Å². The fourth-order valence-corrected chi connectivity index (χ4v) is 2.66. The first-order valence-corrected chi connectivity index (χ1v) is 7.06. The predicted molar refractivity (Wildman–Crippen MR) is 74.8 cm³/mol. The van der Waals surface area contributed by atoms with E-state index in [9.17, 15) is 5.11 Å². The molecule has 2 heterocycles. The van der Waals surface area contributed by atoms with Crippen LogP contribution in [0, 0.1) is 5.92 Å². The number of likely N-dealkylation sites (tertiary alicyclic amines) is 1. The molecule has 106 valence electrons. The lowest BCUT2D eigenvalue weighted by atomic mass is 9.99. The summed E-state index contributed by atoms with van der Waals surface area (Å²) in [5, 5.41) is 13.3. The van der Waals surface area contributed by atoms with E-state index in [-0.39, 0.29) is 6.61 Å². The molecule has 0 radical (unpaired) electrons. The largest absolute Gasteiger partial charge is 0.396 e. The van der Waals surface area contributed by atoms with E-state index >= 15 is 0 Å². The Balaban J connectivity index is 1.65. The molecule has 1 N–H and O–H groups in total. The van der Waals surface area contributed by atoms with Crippen LogP contribution in [-0.4, -0.2) is 39.8 Å². The molecule has 5 nitrogen and oxygen atoms in total. The summed E-state index contributed by atoms with van der Waals surface area (Å²) in [5.74, 6) is 1.66. The highest BCUT2D eigenvalue weighted by atomic mass is 16.5. The van der Waals surface area contributed by atoms with Gasteiger partial charge in [-0.2, -0.15) is 4.98 Å². The summed E-state index contributed by atoms with van der Waals surface area (Å²) in [7, 11) is 0. The van der Waals surface area contributed by atoms with Gasteiger partial charge in [0.2, 0.25) is 0 Å². The molecule has 2 aromatic rings. The van der Waals surface area contributed by atoms with Gasteiger partial charge >= 0.3 is 0 Å². The molecule has 1 unspecified atom stereocenters. The van der Waals surface area contributed by atoms with Gasteiger partial charge in [0.25, 0.3) is 5.89 Å². The van der Waals surface area contributed by atoms with Gasteiger partial charge in [-0.25, -0.2) is 0 Å². The van der Waals surface area contributed by atoms with Gasteiger partial charge in [-0.15, -0.1) is 0 Å². The molecule has 0 aliphatic carbocycles. The maximum atomic E-state index is 9.25. The average molecular weight is 273 g/mol. The van der Waals surface area contributed by atoms with Gasteiger partial charge in [0, 0.05) is 18.7 Å². The van der Waals surface area contributed by atoms with E-state index in [4.69, 9.17) is 4.52 Å². The Morgan fingerprint density at radius 2 is 2.15 bits per heavy atom. The van der Waals surface area contributed by atoms with Crippen molar-refractivity contribution in [1.82, 2.24) is 15.0 Å². The molecule has 0 bridgehead atoms. The Morgan fingerprint density at radius 3 is 2.95 bits per heavy atom. The number of hydrogen-bond donors (Lipinski definition) is 1. The number of piperidine rings is 1. The number of benzene rings is 1. The zero-order valence-electron chi connectivity index (χ0n) is 11.4.